The average molecular weight is 405 g/mol. The maximum Gasteiger partial charge on any atom is 0.165 e. The second-order valence-electron chi connectivity index (χ2n) is 9.14. The van der Waals surface area contributed by atoms with Crippen LogP contribution in [0.1, 0.15) is 73.2 Å². The van der Waals surface area contributed by atoms with E-state index in [0.717, 1.165) is 36.4 Å². The monoisotopic (exact) mass is 404 g/mol. The van der Waals surface area contributed by atoms with Crippen LogP contribution in [0, 0.1) is 34.6 Å². The second kappa shape index (κ2) is 8.05. The van der Waals surface area contributed by atoms with E-state index in [9.17, 15) is 0 Å². The lowest BCUT2D eigenvalue weighted by molar-refractivity contribution is 0.476. The Labute approximate surface area is 181 Å². The molecule has 0 radical (unpaired) electrons. The van der Waals surface area contributed by atoms with Crippen molar-refractivity contribution in [1.29, 1.82) is 0 Å². The van der Waals surface area contributed by atoms with Gasteiger partial charge in [0.25, 0.3) is 0 Å². The van der Waals surface area contributed by atoms with Crippen molar-refractivity contribution in [2.75, 3.05) is 11.4 Å². The van der Waals surface area contributed by atoms with Gasteiger partial charge in [0.15, 0.2) is 5.65 Å². The molecule has 1 atom stereocenters. The first-order chi connectivity index (χ1) is 14.4. The van der Waals surface area contributed by atoms with Crippen molar-refractivity contribution in [1.82, 2.24) is 14.6 Å². The van der Waals surface area contributed by atoms with Crippen molar-refractivity contribution in [3.8, 4) is 11.1 Å². The molecule has 0 saturated heterocycles. The van der Waals surface area contributed by atoms with E-state index in [1.54, 1.807) is 0 Å². The number of hydrogen-bond acceptors (Lipinski definition) is 3. The van der Waals surface area contributed by atoms with Crippen molar-refractivity contribution < 1.29 is 0 Å². The lowest BCUT2D eigenvalue weighted by Crippen LogP contribution is -2.41. The van der Waals surface area contributed by atoms with E-state index in [1.165, 1.54) is 58.5 Å². The summed E-state index contributed by atoms with van der Waals surface area (Å²) in [6.07, 6.45) is 5.93. The minimum Gasteiger partial charge on any atom is -0.353 e. The first-order valence-electron chi connectivity index (χ1n) is 11.6. The normalized spacial score (nSPS) is 16.4. The first-order valence-corrected chi connectivity index (χ1v) is 11.6. The summed E-state index contributed by atoms with van der Waals surface area (Å²) in [6, 6.07) is 5.15. The summed E-state index contributed by atoms with van der Waals surface area (Å²) in [5.41, 5.74) is 11.0. The molecule has 30 heavy (non-hydrogen) atoms. The third-order valence-electron chi connectivity index (χ3n) is 6.67. The number of aryl methyl sites for hydroxylation is 5. The van der Waals surface area contributed by atoms with Gasteiger partial charge in [-0.05, 0) is 77.0 Å². The summed E-state index contributed by atoms with van der Waals surface area (Å²) in [5, 5.41) is 5.09. The summed E-state index contributed by atoms with van der Waals surface area (Å²) in [6.45, 7) is 16.6. The first kappa shape index (κ1) is 20.9. The number of rotatable bonds is 5. The molecule has 1 aliphatic heterocycles. The fourth-order valence-corrected chi connectivity index (χ4v) is 5.54. The highest BCUT2D eigenvalue weighted by Crippen LogP contribution is 2.39. The third kappa shape index (κ3) is 3.30. The highest BCUT2D eigenvalue weighted by atomic mass is 15.4. The maximum atomic E-state index is 5.13. The molecule has 0 spiro atoms. The lowest BCUT2D eigenvalue weighted by Gasteiger charge is -2.39. The Morgan fingerprint density at radius 2 is 1.63 bits per heavy atom. The van der Waals surface area contributed by atoms with E-state index in [1.807, 2.05) is 0 Å². The number of hydrogen-bond donors (Lipinski definition) is 0. The van der Waals surface area contributed by atoms with Crippen LogP contribution in [-0.4, -0.2) is 27.2 Å². The Morgan fingerprint density at radius 1 is 0.933 bits per heavy atom. The van der Waals surface area contributed by atoms with Crippen LogP contribution in [-0.2, 0) is 6.42 Å². The Balaban J connectivity index is 2.01. The predicted octanol–water partition coefficient (Wildman–Crippen LogP) is 6.27. The second-order valence-corrected chi connectivity index (χ2v) is 9.14. The van der Waals surface area contributed by atoms with Crippen LogP contribution in [0.15, 0.2) is 12.1 Å². The zero-order chi connectivity index (χ0) is 21.6. The number of aromatic nitrogens is 3. The van der Waals surface area contributed by atoms with Gasteiger partial charge < -0.3 is 4.90 Å². The molecule has 0 amide bonds. The summed E-state index contributed by atoms with van der Waals surface area (Å²) in [5.74, 6) is 1.29. The fourth-order valence-electron chi connectivity index (χ4n) is 5.54. The van der Waals surface area contributed by atoms with Gasteiger partial charge in [0.05, 0.1) is 11.3 Å². The van der Waals surface area contributed by atoms with Gasteiger partial charge >= 0.3 is 0 Å². The molecule has 2 aromatic heterocycles. The van der Waals surface area contributed by atoms with Crippen LogP contribution in [0.25, 0.3) is 16.8 Å². The highest BCUT2D eigenvalue weighted by Gasteiger charge is 2.31. The molecule has 0 saturated carbocycles. The summed E-state index contributed by atoms with van der Waals surface area (Å²) >= 11 is 0. The van der Waals surface area contributed by atoms with Gasteiger partial charge in [-0.2, -0.15) is 9.61 Å². The van der Waals surface area contributed by atoms with Crippen LogP contribution < -0.4 is 4.90 Å². The van der Waals surface area contributed by atoms with E-state index in [0.29, 0.717) is 6.04 Å². The Hall–Kier alpha value is -2.36. The molecule has 4 heteroatoms. The predicted molar refractivity (Wildman–Crippen MR) is 127 cm³/mol. The quantitative estimate of drug-likeness (QED) is 0.502. The molecule has 1 aromatic carbocycles. The molecule has 0 N–H and O–H groups in total. The average Bonchev–Trinajstić information content (AvgIpc) is 2.99. The van der Waals surface area contributed by atoms with E-state index in [4.69, 9.17) is 10.1 Å². The molecule has 3 aromatic rings. The van der Waals surface area contributed by atoms with Crippen LogP contribution in [0.5, 0.6) is 0 Å². The molecule has 0 bridgehead atoms. The van der Waals surface area contributed by atoms with Crippen molar-refractivity contribution in [3.63, 3.8) is 0 Å². The molecule has 3 heterocycles. The van der Waals surface area contributed by atoms with Gasteiger partial charge in [-0.15, -0.1) is 0 Å². The molecule has 1 unspecified atom stereocenters. The van der Waals surface area contributed by atoms with Gasteiger partial charge in [-0.25, -0.2) is 4.98 Å². The maximum absolute atomic E-state index is 5.13. The standard InChI is InChI=1S/C26H36N4/c1-8-10-21-11-12-22-19(6)27-25-24(23-17(4)14-16(3)15-18(23)5)20(7)28-30(25)26(22)29(21)13-9-2/h14-15,21H,8-13H2,1-7H3. The van der Waals surface area contributed by atoms with Gasteiger partial charge in [0, 0.05) is 23.8 Å². The molecule has 4 rings (SSSR count). The molecule has 0 fully saturated rings. The van der Waals surface area contributed by atoms with E-state index >= 15 is 0 Å². The Morgan fingerprint density at radius 3 is 2.27 bits per heavy atom. The molecular weight excluding hydrogens is 368 g/mol. The zero-order valence-corrected chi connectivity index (χ0v) is 19.8. The summed E-state index contributed by atoms with van der Waals surface area (Å²) in [7, 11) is 0. The van der Waals surface area contributed by atoms with E-state index in [-0.39, 0.29) is 0 Å². The lowest BCUT2D eigenvalue weighted by atomic mass is 9.93. The summed E-state index contributed by atoms with van der Waals surface area (Å²) < 4.78 is 2.17. The van der Waals surface area contributed by atoms with Crippen molar-refractivity contribution in [3.05, 3.63) is 45.8 Å². The fraction of sp³-hybridized carbons (Fsp3) is 0.538. The zero-order valence-electron chi connectivity index (χ0n) is 19.8. The third-order valence-corrected chi connectivity index (χ3v) is 6.67. The van der Waals surface area contributed by atoms with Crippen molar-refractivity contribution >= 4 is 11.5 Å². The SMILES string of the molecule is CCCC1CCc2c(C)nc3c(-c4c(C)cc(C)cc4C)c(C)nn3c2N1CCC. The number of fused-ring (bicyclic) bond motifs is 3. The molecular formula is C26H36N4. The topological polar surface area (TPSA) is 33.4 Å². The highest BCUT2D eigenvalue weighted by molar-refractivity contribution is 5.85. The van der Waals surface area contributed by atoms with Gasteiger partial charge in [0.2, 0.25) is 0 Å². The Kier molecular flexibility index (Phi) is 5.61. The minimum atomic E-state index is 0.600. The van der Waals surface area contributed by atoms with Crippen LogP contribution in [0.4, 0.5) is 5.82 Å². The van der Waals surface area contributed by atoms with Gasteiger partial charge in [-0.3, -0.25) is 0 Å². The van der Waals surface area contributed by atoms with Gasteiger partial charge in [0.1, 0.15) is 5.82 Å². The van der Waals surface area contributed by atoms with Gasteiger partial charge in [-0.1, -0.05) is 38.0 Å². The molecule has 0 aliphatic carbocycles. The van der Waals surface area contributed by atoms with Crippen LogP contribution in [0.2, 0.25) is 0 Å². The minimum absolute atomic E-state index is 0.600. The van der Waals surface area contributed by atoms with E-state index < -0.39 is 0 Å². The largest absolute Gasteiger partial charge is 0.353 e. The number of nitrogens with zero attached hydrogens (tertiary/aromatic N) is 4. The molecule has 1 aliphatic rings. The van der Waals surface area contributed by atoms with Crippen LogP contribution >= 0.6 is 0 Å². The summed E-state index contributed by atoms with van der Waals surface area (Å²) in [4.78, 5) is 7.76. The van der Waals surface area contributed by atoms with E-state index in [2.05, 4.69) is 70.0 Å². The van der Waals surface area contributed by atoms with Crippen molar-refractivity contribution in [2.45, 2.75) is 86.6 Å². The van der Waals surface area contributed by atoms with Crippen LogP contribution in [0.3, 0.4) is 0 Å². The number of benzene rings is 1. The molecule has 160 valence electrons. The molecule has 4 nitrogen and oxygen atoms in total. The van der Waals surface area contributed by atoms with Crippen molar-refractivity contribution in [2.24, 2.45) is 0 Å². The smallest absolute Gasteiger partial charge is 0.165 e. The Bertz CT molecular complexity index is 1070. The number of anilines is 1.